The van der Waals surface area contributed by atoms with Crippen molar-refractivity contribution in [1.29, 1.82) is 0 Å². The highest BCUT2D eigenvalue weighted by atomic mass is 35.5. The first-order valence-electron chi connectivity index (χ1n) is 6.03. The molecule has 2 rings (SSSR count). The van der Waals surface area contributed by atoms with Crippen molar-refractivity contribution in [2.75, 3.05) is 12.8 Å². The number of amides is 1. The average molecular weight is 293 g/mol. The number of anilines is 1. The van der Waals surface area contributed by atoms with Crippen LogP contribution in [-0.2, 0) is 6.54 Å². The number of carbonyl (C=O) groups is 1. The molecule has 5 heteroatoms. The molecule has 0 aliphatic heterocycles. The summed E-state index contributed by atoms with van der Waals surface area (Å²) < 4.78 is 13.7. The number of rotatable bonds is 3. The Morgan fingerprint density at radius 2 is 2.00 bits per heavy atom. The van der Waals surface area contributed by atoms with E-state index < -0.39 is 11.7 Å². The molecule has 2 aromatic rings. The summed E-state index contributed by atoms with van der Waals surface area (Å²) in [5, 5.41) is 0.106. The Labute approximate surface area is 121 Å². The molecule has 0 fully saturated rings. The van der Waals surface area contributed by atoms with Gasteiger partial charge in [-0.3, -0.25) is 4.79 Å². The minimum Gasteiger partial charge on any atom is -0.399 e. The van der Waals surface area contributed by atoms with Crippen molar-refractivity contribution in [1.82, 2.24) is 4.90 Å². The van der Waals surface area contributed by atoms with E-state index in [4.69, 9.17) is 17.3 Å². The average Bonchev–Trinajstić information content (AvgIpc) is 2.38. The van der Waals surface area contributed by atoms with Crippen LogP contribution in [0, 0.1) is 5.82 Å². The van der Waals surface area contributed by atoms with Crippen molar-refractivity contribution >= 4 is 23.2 Å². The Bertz CT molecular complexity index is 625. The Morgan fingerprint density at radius 1 is 1.30 bits per heavy atom. The van der Waals surface area contributed by atoms with Crippen LogP contribution < -0.4 is 5.73 Å². The Hall–Kier alpha value is -2.07. The lowest BCUT2D eigenvalue weighted by Gasteiger charge is -2.18. The van der Waals surface area contributed by atoms with Crippen LogP contribution in [0.4, 0.5) is 10.1 Å². The molecule has 1 amide bonds. The van der Waals surface area contributed by atoms with Crippen molar-refractivity contribution in [3.05, 3.63) is 64.4 Å². The van der Waals surface area contributed by atoms with Gasteiger partial charge in [-0.05, 0) is 29.8 Å². The second kappa shape index (κ2) is 5.92. The standard InChI is InChI=1S/C15H14ClFN2O/c1-19(9-10-4-2-5-11(18)8-10)15(20)14-12(16)6-3-7-13(14)17/h2-8H,9,18H2,1H3. The van der Waals surface area contributed by atoms with Crippen LogP contribution >= 0.6 is 11.6 Å². The fourth-order valence-corrected chi connectivity index (χ4v) is 2.17. The van der Waals surface area contributed by atoms with E-state index in [1.54, 1.807) is 25.2 Å². The zero-order valence-corrected chi connectivity index (χ0v) is 11.7. The van der Waals surface area contributed by atoms with E-state index in [-0.39, 0.29) is 10.6 Å². The second-order valence-electron chi connectivity index (χ2n) is 4.50. The van der Waals surface area contributed by atoms with Crippen molar-refractivity contribution in [2.45, 2.75) is 6.54 Å². The third-order valence-corrected chi connectivity index (χ3v) is 3.21. The van der Waals surface area contributed by atoms with E-state index in [2.05, 4.69) is 0 Å². The first-order chi connectivity index (χ1) is 9.49. The van der Waals surface area contributed by atoms with E-state index in [0.29, 0.717) is 12.2 Å². The number of halogens is 2. The van der Waals surface area contributed by atoms with Gasteiger partial charge in [-0.15, -0.1) is 0 Å². The number of nitrogen functional groups attached to an aromatic ring is 1. The lowest BCUT2D eigenvalue weighted by molar-refractivity contribution is 0.0780. The predicted molar refractivity (Wildman–Crippen MR) is 78.1 cm³/mol. The van der Waals surface area contributed by atoms with Gasteiger partial charge in [0.1, 0.15) is 5.82 Å². The minimum absolute atomic E-state index is 0.106. The molecule has 0 saturated heterocycles. The van der Waals surface area contributed by atoms with Crippen LogP contribution in [0.1, 0.15) is 15.9 Å². The maximum atomic E-state index is 13.7. The molecule has 0 aliphatic rings. The van der Waals surface area contributed by atoms with Gasteiger partial charge in [0.05, 0.1) is 10.6 Å². The molecule has 0 aromatic heterocycles. The molecule has 2 aromatic carbocycles. The molecule has 0 radical (unpaired) electrons. The normalized spacial score (nSPS) is 10.3. The highest BCUT2D eigenvalue weighted by Gasteiger charge is 2.19. The van der Waals surface area contributed by atoms with E-state index in [9.17, 15) is 9.18 Å². The number of hydrogen-bond donors (Lipinski definition) is 1. The molecule has 0 saturated carbocycles. The van der Waals surface area contributed by atoms with Gasteiger partial charge in [-0.2, -0.15) is 0 Å². The van der Waals surface area contributed by atoms with Crippen molar-refractivity contribution in [2.24, 2.45) is 0 Å². The monoisotopic (exact) mass is 292 g/mol. The van der Waals surface area contributed by atoms with E-state index in [0.717, 1.165) is 5.56 Å². The summed E-state index contributed by atoms with van der Waals surface area (Å²) in [6.07, 6.45) is 0. The minimum atomic E-state index is -0.623. The molecule has 104 valence electrons. The lowest BCUT2D eigenvalue weighted by atomic mass is 10.1. The van der Waals surface area contributed by atoms with Crippen molar-refractivity contribution in [3.63, 3.8) is 0 Å². The van der Waals surface area contributed by atoms with Gasteiger partial charge in [-0.1, -0.05) is 29.8 Å². The Kier molecular flexibility index (Phi) is 4.25. The van der Waals surface area contributed by atoms with Crippen LogP contribution in [0.2, 0.25) is 5.02 Å². The fraction of sp³-hybridized carbons (Fsp3) is 0.133. The topological polar surface area (TPSA) is 46.3 Å². The van der Waals surface area contributed by atoms with Crippen LogP contribution in [-0.4, -0.2) is 17.9 Å². The van der Waals surface area contributed by atoms with Gasteiger partial charge in [0.25, 0.3) is 5.91 Å². The quantitative estimate of drug-likeness (QED) is 0.882. The third kappa shape index (κ3) is 3.08. The highest BCUT2D eigenvalue weighted by Crippen LogP contribution is 2.21. The number of benzene rings is 2. The summed E-state index contributed by atoms with van der Waals surface area (Å²) in [5.74, 6) is -1.09. The maximum absolute atomic E-state index is 13.7. The van der Waals surface area contributed by atoms with Gasteiger partial charge >= 0.3 is 0 Å². The summed E-state index contributed by atoms with van der Waals surface area (Å²) in [6, 6.07) is 11.4. The van der Waals surface area contributed by atoms with Gasteiger partial charge in [0.15, 0.2) is 0 Å². The van der Waals surface area contributed by atoms with Crippen LogP contribution in [0.5, 0.6) is 0 Å². The van der Waals surface area contributed by atoms with Crippen LogP contribution in [0.25, 0.3) is 0 Å². The zero-order valence-electron chi connectivity index (χ0n) is 10.9. The summed E-state index contributed by atoms with van der Waals surface area (Å²) in [7, 11) is 1.59. The highest BCUT2D eigenvalue weighted by molar-refractivity contribution is 6.33. The molecule has 20 heavy (non-hydrogen) atoms. The molecule has 0 unspecified atom stereocenters. The zero-order chi connectivity index (χ0) is 14.7. The van der Waals surface area contributed by atoms with Crippen molar-refractivity contribution < 1.29 is 9.18 Å². The summed E-state index contributed by atoms with van der Waals surface area (Å²) in [6.45, 7) is 0.328. The first kappa shape index (κ1) is 14.3. The van der Waals surface area contributed by atoms with E-state index >= 15 is 0 Å². The molecule has 0 bridgehead atoms. The fourth-order valence-electron chi connectivity index (χ4n) is 1.93. The number of hydrogen-bond acceptors (Lipinski definition) is 2. The van der Waals surface area contributed by atoms with Crippen LogP contribution in [0.3, 0.4) is 0 Å². The maximum Gasteiger partial charge on any atom is 0.258 e. The van der Waals surface area contributed by atoms with Gasteiger partial charge in [-0.25, -0.2) is 4.39 Å². The number of nitrogens with zero attached hydrogens (tertiary/aromatic N) is 1. The smallest absolute Gasteiger partial charge is 0.258 e. The number of carbonyl (C=O) groups excluding carboxylic acids is 1. The summed E-state index contributed by atoms with van der Waals surface area (Å²) >= 11 is 5.89. The molecule has 2 N–H and O–H groups in total. The third-order valence-electron chi connectivity index (χ3n) is 2.89. The van der Waals surface area contributed by atoms with Crippen molar-refractivity contribution in [3.8, 4) is 0 Å². The predicted octanol–water partition coefficient (Wildman–Crippen LogP) is 3.33. The first-order valence-corrected chi connectivity index (χ1v) is 6.40. The molecule has 3 nitrogen and oxygen atoms in total. The Balaban J connectivity index is 2.21. The largest absolute Gasteiger partial charge is 0.399 e. The Morgan fingerprint density at radius 3 is 2.65 bits per heavy atom. The van der Waals surface area contributed by atoms with Gasteiger partial charge < -0.3 is 10.6 Å². The molecule has 0 heterocycles. The molecule has 0 aliphatic carbocycles. The SMILES string of the molecule is CN(Cc1cccc(N)c1)C(=O)c1c(F)cccc1Cl. The van der Waals surface area contributed by atoms with Crippen LogP contribution in [0.15, 0.2) is 42.5 Å². The molecule has 0 spiro atoms. The molecular formula is C15H14ClFN2O. The number of nitrogens with two attached hydrogens (primary N) is 1. The summed E-state index contributed by atoms with van der Waals surface area (Å²) in [5.41, 5.74) is 7.06. The van der Waals surface area contributed by atoms with Gasteiger partial charge in [0, 0.05) is 19.3 Å². The molecule has 0 atom stereocenters. The summed E-state index contributed by atoms with van der Waals surface area (Å²) in [4.78, 5) is 13.6. The van der Waals surface area contributed by atoms with E-state index in [1.165, 1.54) is 23.1 Å². The van der Waals surface area contributed by atoms with Gasteiger partial charge in [0.2, 0.25) is 0 Å². The lowest BCUT2D eigenvalue weighted by Crippen LogP contribution is -2.27. The molecular weight excluding hydrogens is 279 g/mol. The van der Waals surface area contributed by atoms with E-state index in [1.807, 2.05) is 6.07 Å². The second-order valence-corrected chi connectivity index (χ2v) is 4.91.